The van der Waals surface area contributed by atoms with E-state index < -0.39 is 0 Å². The molecule has 1 aliphatic rings. The number of ether oxygens (including phenoxy) is 1. The molecule has 1 heterocycles. The molecule has 1 atom stereocenters. The zero-order valence-corrected chi connectivity index (χ0v) is 14.8. The number of carbonyl (C=O) groups excluding carboxylic acids is 1. The predicted octanol–water partition coefficient (Wildman–Crippen LogP) is 3.05. The fourth-order valence-electron chi connectivity index (χ4n) is 3.03. The third-order valence-electron chi connectivity index (χ3n) is 4.66. The molecule has 0 aromatic heterocycles. The third-order valence-corrected chi connectivity index (χ3v) is 4.66. The Balaban J connectivity index is 1.50. The van der Waals surface area contributed by atoms with Crippen LogP contribution in [0.3, 0.4) is 0 Å². The lowest BCUT2D eigenvalue weighted by molar-refractivity contribution is 0.0342. The Kier molecular flexibility index (Phi) is 6.20. The molecular formula is C21H26N2O2. The topological polar surface area (TPSA) is 41.6 Å². The van der Waals surface area contributed by atoms with Crippen LogP contribution in [0.1, 0.15) is 34.3 Å². The molecule has 1 fully saturated rings. The van der Waals surface area contributed by atoms with Gasteiger partial charge in [-0.2, -0.15) is 0 Å². The number of amides is 1. The largest absolute Gasteiger partial charge is 0.379 e. The number of nitrogens with zero attached hydrogens (tertiary/aromatic N) is 1. The summed E-state index contributed by atoms with van der Waals surface area (Å²) in [4.78, 5) is 14.7. The van der Waals surface area contributed by atoms with E-state index in [1.807, 2.05) is 42.5 Å². The fourth-order valence-corrected chi connectivity index (χ4v) is 3.03. The highest BCUT2D eigenvalue weighted by atomic mass is 16.5. The number of benzene rings is 2. The van der Waals surface area contributed by atoms with E-state index in [0.717, 1.165) is 32.8 Å². The number of rotatable bonds is 6. The van der Waals surface area contributed by atoms with Crippen LogP contribution in [0.25, 0.3) is 0 Å². The Morgan fingerprint density at radius 2 is 1.76 bits per heavy atom. The van der Waals surface area contributed by atoms with Crippen molar-refractivity contribution >= 4 is 5.91 Å². The molecule has 1 N–H and O–H groups in total. The van der Waals surface area contributed by atoms with Crippen LogP contribution >= 0.6 is 0 Å². The summed E-state index contributed by atoms with van der Waals surface area (Å²) in [7, 11) is 0. The highest BCUT2D eigenvalue weighted by molar-refractivity contribution is 5.94. The monoisotopic (exact) mass is 338 g/mol. The first kappa shape index (κ1) is 17.6. The van der Waals surface area contributed by atoms with Gasteiger partial charge in [0.2, 0.25) is 0 Å². The Morgan fingerprint density at radius 1 is 1.08 bits per heavy atom. The van der Waals surface area contributed by atoms with Gasteiger partial charge < -0.3 is 10.1 Å². The fraction of sp³-hybridized carbons (Fsp3) is 0.381. The van der Waals surface area contributed by atoms with Gasteiger partial charge in [-0.05, 0) is 29.2 Å². The molecule has 132 valence electrons. The summed E-state index contributed by atoms with van der Waals surface area (Å²) >= 11 is 0. The van der Waals surface area contributed by atoms with Crippen LogP contribution in [0.2, 0.25) is 0 Å². The molecule has 0 radical (unpaired) electrons. The van der Waals surface area contributed by atoms with Gasteiger partial charge in [0, 0.05) is 31.7 Å². The molecule has 1 aliphatic heterocycles. The Bertz CT molecular complexity index is 664. The average molecular weight is 338 g/mol. The second-order valence-electron chi connectivity index (χ2n) is 6.61. The van der Waals surface area contributed by atoms with Crippen molar-refractivity contribution in [1.29, 1.82) is 0 Å². The maximum atomic E-state index is 12.3. The summed E-state index contributed by atoms with van der Waals surface area (Å²) in [5, 5.41) is 3.03. The Morgan fingerprint density at radius 3 is 2.44 bits per heavy atom. The van der Waals surface area contributed by atoms with Crippen LogP contribution in [-0.2, 0) is 11.3 Å². The number of hydrogen-bond acceptors (Lipinski definition) is 3. The van der Waals surface area contributed by atoms with Crippen molar-refractivity contribution in [1.82, 2.24) is 10.2 Å². The standard InChI is InChI=1S/C21H26N2O2/c1-17(19-5-3-2-4-6-19)15-22-21(24)20-9-7-18(8-10-20)16-23-11-13-25-14-12-23/h2-10,17H,11-16H2,1H3,(H,22,24)/t17-/m1/s1. The smallest absolute Gasteiger partial charge is 0.251 e. The van der Waals surface area contributed by atoms with Crippen LogP contribution in [0.15, 0.2) is 54.6 Å². The molecule has 25 heavy (non-hydrogen) atoms. The zero-order valence-electron chi connectivity index (χ0n) is 14.8. The van der Waals surface area contributed by atoms with Crippen LogP contribution in [-0.4, -0.2) is 43.7 Å². The molecule has 2 aromatic carbocycles. The van der Waals surface area contributed by atoms with Crippen molar-refractivity contribution in [2.75, 3.05) is 32.8 Å². The number of carbonyl (C=O) groups is 1. The average Bonchev–Trinajstić information content (AvgIpc) is 2.68. The second kappa shape index (κ2) is 8.79. The Hall–Kier alpha value is -2.17. The van der Waals surface area contributed by atoms with Crippen molar-refractivity contribution in [2.24, 2.45) is 0 Å². The molecule has 0 unspecified atom stereocenters. The van der Waals surface area contributed by atoms with Crippen molar-refractivity contribution in [3.05, 3.63) is 71.3 Å². The highest BCUT2D eigenvalue weighted by Crippen LogP contribution is 2.14. The number of nitrogens with one attached hydrogen (secondary N) is 1. The van der Waals surface area contributed by atoms with E-state index >= 15 is 0 Å². The van der Waals surface area contributed by atoms with E-state index in [1.165, 1.54) is 11.1 Å². The summed E-state index contributed by atoms with van der Waals surface area (Å²) in [6, 6.07) is 18.2. The maximum absolute atomic E-state index is 12.3. The molecular weight excluding hydrogens is 312 g/mol. The molecule has 3 rings (SSSR count). The van der Waals surface area contributed by atoms with Gasteiger partial charge in [0.25, 0.3) is 5.91 Å². The van der Waals surface area contributed by atoms with Crippen LogP contribution in [0.4, 0.5) is 0 Å². The molecule has 0 saturated carbocycles. The lowest BCUT2D eigenvalue weighted by atomic mass is 10.0. The molecule has 0 aliphatic carbocycles. The van der Waals surface area contributed by atoms with Crippen molar-refractivity contribution in [3.63, 3.8) is 0 Å². The minimum Gasteiger partial charge on any atom is -0.379 e. The summed E-state index contributed by atoms with van der Waals surface area (Å²) in [5.41, 5.74) is 3.19. The van der Waals surface area contributed by atoms with Gasteiger partial charge in [-0.25, -0.2) is 0 Å². The summed E-state index contributed by atoms with van der Waals surface area (Å²) in [6.07, 6.45) is 0. The van der Waals surface area contributed by atoms with E-state index in [2.05, 4.69) is 29.3 Å². The molecule has 1 amide bonds. The van der Waals surface area contributed by atoms with Gasteiger partial charge >= 0.3 is 0 Å². The lowest BCUT2D eigenvalue weighted by Gasteiger charge is -2.26. The highest BCUT2D eigenvalue weighted by Gasteiger charge is 2.12. The third kappa shape index (κ3) is 5.15. The van der Waals surface area contributed by atoms with Gasteiger partial charge in [-0.15, -0.1) is 0 Å². The SMILES string of the molecule is C[C@H](CNC(=O)c1ccc(CN2CCOCC2)cc1)c1ccccc1. The van der Waals surface area contributed by atoms with Gasteiger partial charge in [0.15, 0.2) is 0 Å². The minimum atomic E-state index is -0.0132. The lowest BCUT2D eigenvalue weighted by Crippen LogP contribution is -2.35. The van der Waals surface area contributed by atoms with E-state index in [1.54, 1.807) is 0 Å². The first-order valence-corrected chi connectivity index (χ1v) is 8.94. The van der Waals surface area contributed by atoms with Gasteiger partial charge in [0.05, 0.1) is 13.2 Å². The summed E-state index contributed by atoms with van der Waals surface area (Å²) < 4.78 is 5.37. The minimum absolute atomic E-state index is 0.0132. The number of hydrogen-bond donors (Lipinski definition) is 1. The van der Waals surface area contributed by atoms with Gasteiger partial charge in [-0.1, -0.05) is 49.4 Å². The van der Waals surface area contributed by atoms with E-state index in [9.17, 15) is 4.79 Å². The quantitative estimate of drug-likeness (QED) is 0.880. The number of morpholine rings is 1. The molecule has 0 bridgehead atoms. The molecule has 4 heteroatoms. The first-order valence-electron chi connectivity index (χ1n) is 8.94. The summed E-state index contributed by atoms with van der Waals surface area (Å²) in [6.45, 7) is 7.23. The van der Waals surface area contributed by atoms with E-state index in [4.69, 9.17) is 4.74 Å². The van der Waals surface area contributed by atoms with Crippen molar-refractivity contribution < 1.29 is 9.53 Å². The Labute approximate surface area is 149 Å². The van der Waals surface area contributed by atoms with Crippen molar-refractivity contribution in [2.45, 2.75) is 19.4 Å². The van der Waals surface area contributed by atoms with Crippen LogP contribution < -0.4 is 5.32 Å². The predicted molar refractivity (Wildman–Crippen MR) is 99.7 cm³/mol. The molecule has 1 saturated heterocycles. The maximum Gasteiger partial charge on any atom is 0.251 e. The van der Waals surface area contributed by atoms with Crippen molar-refractivity contribution in [3.8, 4) is 0 Å². The van der Waals surface area contributed by atoms with E-state index in [0.29, 0.717) is 18.0 Å². The molecule has 0 spiro atoms. The van der Waals surface area contributed by atoms with Gasteiger partial charge in [0.1, 0.15) is 0 Å². The van der Waals surface area contributed by atoms with Gasteiger partial charge in [-0.3, -0.25) is 9.69 Å². The first-order chi connectivity index (χ1) is 12.2. The normalized spacial score (nSPS) is 16.4. The second-order valence-corrected chi connectivity index (χ2v) is 6.61. The van der Waals surface area contributed by atoms with Crippen LogP contribution in [0.5, 0.6) is 0 Å². The summed E-state index contributed by atoms with van der Waals surface area (Å²) in [5.74, 6) is 0.284. The van der Waals surface area contributed by atoms with E-state index in [-0.39, 0.29) is 5.91 Å². The van der Waals surface area contributed by atoms with Crippen LogP contribution in [0, 0.1) is 0 Å². The molecule has 2 aromatic rings. The zero-order chi connectivity index (χ0) is 17.5. The molecule has 4 nitrogen and oxygen atoms in total.